The second-order valence-electron chi connectivity index (χ2n) is 15.2. The monoisotopic (exact) mass is 1050 g/mol. The summed E-state index contributed by atoms with van der Waals surface area (Å²) in [4.78, 5) is -1.81. The number of phenolic OH excluding ortho intramolecular Hbond substituents is 2. The zero-order chi connectivity index (χ0) is 51.2. The molecule has 0 saturated heterocycles. The minimum Gasteiger partial charge on any atom is -0.506 e. The lowest BCUT2D eigenvalue weighted by atomic mass is 10.1. The van der Waals surface area contributed by atoms with Gasteiger partial charge in [-0.2, -0.15) is 21.9 Å². The van der Waals surface area contributed by atoms with Gasteiger partial charge in [0.1, 0.15) is 56.0 Å². The minimum absolute atomic E-state index is 0.00299. The van der Waals surface area contributed by atoms with Crippen molar-refractivity contribution in [2.24, 2.45) is 30.7 Å². The quantitative estimate of drug-likeness (QED) is 0.0273. The lowest BCUT2D eigenvalue weighted by Gasteiger charge is -2.22. The lowest BCUT2D eigenvalue weighted by molar-refractivity contribution is 0.341. The Hall–Kier alpha value is -7.38. The van der Waals surface area contributed by atoms with Crippen molar-refractivity contribution >= 4 is 125 Å². The van der Waals surface area contributed by atoms with Gasteiger partial charge in [0.05, 0.1) is 43.3 Å². The Morgan fingerprint density at radius 1 is 0.521 bits per heavy atom. The first-order chi connectivity index (χ1) is 33.4. The summed E-state index contributed by atoms with van der Waals surface area (Å²) in [5.41, 5.74) is 6.21. The predicted molar refractivity (Wildman–Crippen MR) is 267 cm³/mol. The predicted octanol–water partition coefficient (Wildman–Crippen LogP) is 13.2. The zero-order valence-electron chi connectivity index (χ0n) is 36.2. The molecule has 0 aromatic heterocycles. The van der Waals surface area contributed by atoms with Crippen LogP contribution in [0.3, 0.4) is 0 Å². The maximum Gasteiger partial charge on any atom is 0.294 e. The van der Waals surface area contributed by atoms with E-state index in [-0.39, 0.29) is 72.9 Å². The molecule has 13 N–H and O–H groups in total. The number of anilines is 3. The van der Waals surface area contributed by atoms with Crippen molar-refractivity contribution in [3.05, 3.63) is 121 Å². The van der Waals surface area contributed by atoms with E-state index in [1.807, 2.05) is 0 Å². The molecule has 0 bridgehead atoms. The molecule has 368 valence electrons. The van der Waals surface area contributed by atoms with Crippen LogP contribution in [0.25, 0.3) is 32.3 Å². The Labute approximate surface area is 405 Å². The van der Waals surface area contributed by atoms with Gasteiger partial charge in [0.15, 0.2) is 5.75 Å². The van der Waals surface area contributed by atoms with E-state index in [2.05, 4.69) is 36.0 Å². The highest BCUT2D eigenvalue weighted by molar-refractivity contribution is 8.19. The van der Waals surface area contributed by atoms with E-state index in [1.54, 1.807) is 31.2 Å². The van der Waals surface area contributed by atoms with Crippen molar-refractivity contribution in [2.45, 2.75) is 26.5 Å². The maximum absolute atomic E-state index is 12.3. The Morgan fingerprint density at radius 2 is 1.15 bits per heavy atom. The minimum atomic E-state index is -4.88. The molecule has 0 saturated carbocycles. The largest absolute Gasteiger partial charge is 0.506 e. The van der Waals surface area contributed by atoms with Crippen molar-refractivity contribution in [3.8, 4) is 17.2 Å². The fourth-order valence-corrected chi connectivity index (χ4v) is 9.66. The molecular weight excluding hydrogens is 1010 g/mol. The average molecular weight is 1050 g/mol. The Bertz CT molecular complexity index is 3790. The van der Waals surface area contributed by atoms with E-state index in [9.17, 15) is 63.5 Å². The third-order valence-electron chi connectivity index (χ3n) is 10.4. The SMILES string of the molecule is CCOc1cc(N=Nc2ccc3c(S(O)(O)O)cccc3c2)c(N)cc1N=Nc1cc(O)c(N=Nc2c(S(O)(O)O)cc3ccc(Nc4cccc(S(=O)(=O)O)c4)cc3c2O)c2cc(S(=O)(=O)O)ccc12. The second-order valence-corrected chi connectivity index (χ2v) is 21.0. The molecule has 0 heterocycles. The number of rotatable bonds is 14. The average Bonchev–Trinajstić information content (AvgIpc) is 3.29. The maximum atomic E-state index is 12.3. The van der Waals surface area contributed by atoms with Crippen LogP contribution in [0.2, 0.25) is 0 Å². The molecule has 8 rings (SSSR count). The first-order valence-electron chi connectivity index (χ1n) is 20.2. The summed E-state index contributed by atoms with van der Waals surface area (Å²) >= 11 is 0. The van der Waals surface area contributed by atoms with Crippen molar-refractivity contribution < 1.29 is 68.2 Å². The van der Waals surface area contributed by atoms with Crippen LogP contribution < -0.4 is 15.8 Å². The van der Waals surface area contributed by atoms with E-state index in [0.29, 0.717) is 16.5 Å². The Kier molecular flexibility index (Phi) is 13.4. The number of nitrogens with zero attached hydrogens (tertiary/aromatic N) is 6. The number of hydrogen-bond donors (Lipinski definition) is 12. The van der Waals surface area contributed by atoms with Gasteiger partial charge in [-0.3, -0.25) is 9.11 Å². The molecule has 0 fully saturated rings. The molecule has 0 aliphatic heterocycles. The number of azo groups is 3. The van der Waals surface area contributed by atoms with Crippen molar-refractivity contribution in [1.82, 2.24) is 0 Å². The smallest absolute Gasteiger partial charge is 0.294 e. The van der Waals surface area contributed by atoms with Gasteiger partial charge in [0, 0.05) is 45.1 Å². The van der Waals surface area contributed by atoms with Crippen molar-refractivity contribution in [1.29, 1.82) is 0 Å². The number of aromatic hydroxyl groups is 2. The third-order valence-corrected chi connectivity index (χ3v) is 14.0. The van der Waals surface area contributed by atoms with Gasteiger partial charge in [0.2, 0.25) is 0 Å². The molecular formula is C44H38N8O15S4. The van der Waals surface area contributed by atoms with E-state index in [0.717, 1.165) is 30.3 Å². The number of ether oxygens (including phenoxy) is 1. The number of benzene rings is 8. The molecule has 8 aromatic rings. The molecule has 0 aliphatic carbocycles. The molecule has 71 heavy (non-hydrogen) atoms. The fourth-order valence-electron chi connectivity index (χ4n) is 7.20. The fraction of sp³-hybridized carbons (Fsp3) is 0.0455. The molecule has 0 spiro atoms. The van der Waals surface area contributed by atoms with Crippen LogP contribution in [0, 0.1) is 0 Å². The number of nitrogens with two attached hydrogens (primary N) is 1. The number of fused-ring (bicyclic) bond motifs is 3. The Balaban J connectivity index is 1.17. The summed E-state index contributed by atoms with van der Waals surface area (Å²) in [7, 11) is -18.1. The first-order valence-corrected chi connectivity index (χ1v) is 26.0. The summed E-state index contributed by atoms with van der Waals surface area (Å²) < 4.78 is 134. The number of nitrogens with one attached hydrogen (secondary N) is 1. The standard InChI is InChI=1S/C44H38N8O15S4/c1-2-67-39-22-36(49-47-27-11-13-30-23(15-27)5-3-8-40(30)70(61,62)63)34(45)20-37(39)50-48-35-21-38(53)42(33-19-29(69(58,59)60)12-14-31(33)35)51-52-43-41(71(64,65)66)16-24-9-10-26(18-32(24)44(43)54)46-25-6-4-7-28(17-25)68(55,56)57/h3-22,46,53-54,61-66H,2,45H2,1H3,(H,55,56,57)(H,58,59,60). The van der Waals surface area contributed by atoms with Crippen LogP contribution in [0.4, 0.5) is 51.2 Å². The summed E-state index contributed by atoms with van der Waals surface area (Å²) in [5, 5.41) is 51.9. The second kappa shape index (κ2) is 19.1. The van der Waals surface area contributed by atoms with Crippen LogP contribution in [0.1, 0.15) is 6.92 Å². The highest BCUT2D eigenvalue weighted by Crippen LogP contribution is 2.55. The first kappa shape index (κ1) is 50.0. The highest BCUT2D eigenvalue weighted by atomic mass is 32.3. The van der Waals surface area contributed by atoms with Gasteiger partial charge < -0.3 is 53.3 Å². The third kappa shape index (κ3) is 10.9. The van der Waals surface area contributed by atoms with Crippen molar-refractivity contribution in [2.75, 3.05) is 17.7 Å². The molecule has 8 aromatic carbocycles. The topological polar surface area (TPSA) is 392 Å². The number of nitrogen functional groups attached to an aromatic ring is 1. The van der Waals surface area contributed by atoms with Crippen LogP contribution in [0.5, 0.6) is 17.2 Å². The zero-order valence-corrected chi connectivity index (χ0v) is 39.4. The van der Waals surface area contributed by atoms with Crippen LogP contribution in [0.15, 0.2) is 172 Å². The normalized spacial score (nSPS) is 13.3. The molecule has 0 radical (unpaired) electrons. The van der Waals surface area contributed by atoms with Gasteiger partial charge in [-0.1, -0.05) is 36.4 Å². The molecule has 23 nitrogen and oxygen atoms in total. The number of phenols is 2. The summed E-state index contributed by atoms with van der Waals surface area (Å²) in [6, 6.07) is 26.9. The summed E-state index contributed by atoms with van der Waals surface area (Å²) in [6.45, 7) is 1.85. The van der Waals surface area contributed by atoms with Gasteiger partial charge in [-0.25, -0.2) is 0 Å². The Morgan fingerprint density at radius 3 is 1.86 bits per heavy atom. The van der Waals surface area contributed by atoms with E-state index in [1.165, 1.54) is 66.7 Å². The molecule has 0 atom stereocenters. The molecule has 27 heteroatoms. The lowest BCUT2D eigenvalue weighted by Crippen LogP contribution is -1.99. The van der Waals surface area contributed by atoms with E-state index >= 15 is 0 Å². The number of hydrogen-bond acceptors (Lipinski definition) is 21. The molecule has 0 unspecified atom stereocenters. The van der Waals surface area contributed by atoms with Gasteiger partial charge in [0.25, 0.3) is 20.2 Å². The van der Waals surface area contributed by atoms with Gasteiger partial charge in [-0.15, -0.1) is 25.6 Å². The summed E-state index contributed by atoms with van der Waals surface area (Å²) in [6.07, 6.45) is 0. The van der Waals surface area contributed by atoms with Crippen molar-refractivity contribution in [3.63, 3.8) is 0 Å². The van der Waals surface area contributed by atoms with Crippen LogP contribution in [-0.2, 0) is 20.2 Å². The molecule has 0 aliphatic rings. The van der Waals surface area contributed by atoms with Gasteiger partial charge >= 0.3 is 0 Å². The summed E-state index contributed by atoms with van der Waals surface area (Å²) in [5.74, 6) is -1.34. The van der Waals surface area contributed by atoms with E-state index in [4.69, 9.17) is 10.5 Å². The molecule has 0 amide bonds. The van der Waals surface area contributed by atoms with E-state index < -0.39 is 79.5 Å². The van der Waals surface area contributed by atoms with Crippen LogP contribution >= 0.6 is 21.7 Å². The van der Waals surface area contributed by atoms with Crippen LogP contribution in [-0.4, -0.2) is 70.1 Å². The van der Waals surface area contributed by atoms with Gasteiger partial charge in [-0.05, 0) is 90.5 Å². The highest BCUT2D eigenvalue weighted by Gasteiger charge is 2.27.